The van der Waals surface area contributed by atoms with Gasteiger partial charge in [-0.05, 0) is 49.3 Å². The fraction of sp³-hybridized carbons (Fsp3) is 0.467. The van der Waals surface area contributed by atoms with Gasteiger partial charge < -0.3 is 15.7 Å². The van der Waals surface area contributed by atoms with E-state index in [9.17, 15) is 9.59 Å². The van der Waals surface area contributed by atoms with Crippen LogP contribution in [0.1, 0.15) is 35.2 Å². The van der Waals surface area contributed by atoms with Crippen LogP contribution in [0.4, 0.5) is 10.5 Å². The molecule has 0 radical (unpaired) electrons. The van der Waals surface area contributed by atoms with Gasteiger partial charge in [0.05, 0.1) is 5.56 Å². The molecule has 1 fully saturated rings. The third-order valence-electron chi connectivity index (χ3n) is 3.49. The molecule has 0 saturated carbocycles. The maximum absolute atomic E-state index is 11.9. The number of hydrogen-bond acceptors (Lipinski definition) is 3. The molecule has 1 heterocycles. The van der Waals surface area contributed by atoms with Gasteiger partial charge in [-0.1, -0.05) is 6.42 Å². The molecule has 114 valence electrons. The molecule has 1 aliphatic heterocycles. The number of urea groups is 1. The molecular weight excluding hydrogens is 288 g/mol. The molecule has 0 bridgehead atoms. The monoisotopic (exact) mass is 308 g/mol. The lowest BCUT2D eigenvalue weighted by atomic mass is 10.1. The van der Waals surface area contributed by atoms with E-state index in [0.29, 0.717) is 17.5 Å². The zero-order valence-corrected chi connectivity index (χ0v) is 12.8. The van der Waals surface area contributed by atoms with Crippen LogP contribution in [0.5, 0.6) is 0 Å². The van der Waals surface area contributed by atoms with Crippen LogP contribution in [0.25, 0.3) is 0 Å². The van der Waals surface area contributed by atoms with Gasteiger partial charge in [0.2, 0.25) is 0 Å². The van der Waals surface area contributed by atoms with Crippen LogP contribution in [0, 0.1) is 6.92 Å². The van der Waals surface area contributed by atoms with Crippen molar-refractivity contribution >= 4 is 29.4 Å². The third-order valence-corrected chi connectivity index (χ3v) is 4.88. The number of aryl methyl sites for hydroxylation is 1. The highest BCUT2D eigenvalue weighted by Crippen LogP contribution is 2.24. The molecule has 3 N–H and O–H groups in total. The standard InChI is InChI=1S/C15H20N2O3S/c1-10-8-11(14(18)19)5-6-13(10)17-15(20)16-9-12-4-2-3-7-21-12/h5-6,8,12H,2-4,7,9H2,1H3,(H,18,19)(H2,16,17,20). The Balaban J connectivity index is 1.85. The van der Waals surface area contributed by atoms with Crippen molar-refractivity contribution in [1.29, 1.82) is 0 Å². The Kier molecular flexibility index (Phi) is 5.50. The van der Waals surface area contributed by atoms with E-state index in [-0.39, 0.29) is 11.6 Å². The highest BCUT2D eigenvalue weighted by Gasteiger charge is 2.15. The summed E-state index contributed by atoms with van der Waals surface area (Å²) in [6.45, 7) is 2.45. The Morgan fingerprint density at radius 1 is 1.38 bits per heavy atom. The lowest BCUT2D eigenvalue weighted by Crippen LogP contribution is -2.35. The minimum atomic E-state index is -0.969. The van der Waals surface area contributed by atoms with Crippen LogP contribution < -0.4 is 10.6 Å². The minimum absolute atomic E-state index is 0.220. The van der Waals surface area contributed by atoms with E-state index in [1.807, 2.05) is 11.8 Å². The smallest absolute Gasteiger partial charge is 0.335 e. The molecule has 5 nitrogen and oxygen atoms in total. The number of carbonyl (C=O) groups is 2. The summed E-state index contributed by atoms with van der Waals surface area (Å²) < 4.78 is 0. The average molecular weight is 308 g/mol. The van der Waals surface area contributed by atoms with E-state index in [1.165, 1.54) is 24.7 Å². The van der Waals surface area contributed by atoms with Gasteiger partial charge >= 0.3 is 12.0 Å². The van der Waals surface area contributed by atoms with Gasteiger partial charge in [-0.15, -0.1) is 0 Å². The van der Waals surface area contributed by atoms with Crippen molar-refractivity contribution in [2.24, 2.45) is 0 Å². The predicted molar refractivity (Wildman–Crippen MR) is 85.3 cm³/mol. The normalized spacial score (nSPS) is 18.0. The summed E-state index contributed by atoms with van der Waals surface area (Å²) in [5.74, 6) is 0.201. The molecule has 1 aromatic carbocycles. The molecule has 1 aromatic rings. The minimum Gasteiger partial charge on any atom is -0.478 e. The number of carbonyl (C=O) groups excluding carboxylic acids is 1. The highest BCUT2D eigenvalue weighted by atomic mass is 32.2. The SMILES string of the molecule is Cc1cc(C(=O)O)ccc1NC(=O)NCC1CCCCS1. The van der Waals surface area contributed by atoms with Crippen molar-refractivity contribution in [1.82, 2.24) is 5.32 Å². The Morgan fingerprint density at radius 3 is 2.81 bits per heavy atom. The summed E-state index contributed by atoms with van der Waals surface area (Å²) >= 11 is 1.91. The molecule has 1 saturated heterocycles. The Hall–Kier alpha value is -1.69. The average Bonchev–Trinajstić information content (AvgIpc) is 2.48. The number of thioether (sulfide) groups is 1. The van der Waals surface area contributed by atoms with Crippen molar-refractivity contribution in [2.75, 3.05) is 17.6 Å². The number of nitrogens with one attached hydrogen (secondary N) is 2. The van der Waals surface area contributed by atoms with Crippen molar-refractivity contribution < 1.29 is 14.7 Å². The van der Waals surface area contributed by atoms with Crippen molar-refractivity contribution in [2.45, 2.75) is 31.4 Å². The van der Waals surface area contributed by atoms with Crippen LogP contribution in [0.15, 0.2) is 18.2 Å². The molecule has 6 heteroatoms. The number of aromatic carboxylic acids is 1. The van der Waals surface area contributed by atoms with Gasteiger partial charge in [0.25, 0.3) is 0 Å². The van der Waals surface area contributed by atoms with Crippen LogP contribution in [0.3, 0.4) is 0 Å². The van der Waals surface area contributed by atoms with Gasteiger partial charge in [0, 0.05) is 17.5 Å². The fourth-order valence-electron chi connectivity index (χ4n) is 2.28. The first-order valence-corrected chi connectivity index (χ1v) is 8.11. The van der Waals surface area contributed by atoms with Crippen LogP contribution in [-0.4, -0.2) is 34.7 Å². The lowest BCUT2D eigenvalue weighted by Gasteiger charge is -2.21. The van der Waals surface area contributed by atoms with Crippen molar-refractivity contribution in [3.05, 3.63) is 29.3 Å². The number of amides is 2. The first-order valence-electron chi connectivity index (χ1n) is 7.06. The van der Waals surface area contributed by atoms with E-state index < -0.39 is 5.97 Å². The van der Waals surface area contributed by atoms with Crippen LogP contribution >= 0.6 is 11.8 Å². The van der Waals surface area contributed by atoms with Crippen LogP contribution in [-0.2, 0) is 0 Å². The van der Waals surface area contributed by atoms with Crippen molar-refractivity contribution in [3.8, 4) is 0 Å². The molecule has 0 spiro atoms. The van der Waals surface area contributed by atoms with Crippen molar-refractivity contribution in [3.63, 3.8) is 0 Å². The number of carboxylic acids is 1. The number of benzene rings is 1. The summed E-state index contributed by atoms with van der Waals surface area (Å²) in [5, 5.41) is 15.1. The second-order valence-corrected chi connectivity index (χ2v) is 6.57. The fourth-order valence-corrected chi connectivity index (χ4v) is 3.52. The summed E-state index contributed by atoms with van der Waals surface area (Å²) in [5.41, 5.74) is 1.59. The largest absolute Gasteiger partial charge is 0.478 e. The molecule has 0 aliphatic carbocycles. The summed E-state index contributed by atoms with van der Waals surface area (Å²) in [4.78, 5) is 22.7. The number of hydrogen-bond donors (Lipinski definition) is 3. The van der Waals surface area contributed by atoms with Gasteiger partial charge in [0.15, 0.2) is 0 Å². The molecule has 2 amide bonds. The van der Waals surface area contributed by atoms with Crippen LogP contribution in [0.2, 0.25) is 0 Å². The third kappa shape index (κ3) is 4.67. The molecule has 1 aliphatic rings. The second kappa shape index (κ2) is 7.36. The summed E-state index contributed by atoms with van der Waals surface area (Å²) in [6.07, 6.45) is 3.65. The van der Waals surface area contributed by atoms with E-state index in [0.717, 1.165) is 12.0 Å². The maximum atomic E-state index is 11.9. The number of carboxylic acid groups (broad SMARTS) is 1. The molecule has 2 rings (SSSR count). The number of rotatable bonds is 4. The van der Waals surface area contributed by atoms with E-state index >= 15 is 0 Å². The second-order valence-electron chi connectivity index (χ2n) is 5.16. The number of anilines is 1. The van der Waals surface area contributed by atoms with E-state index in [2.05, 4.69) is 10.6 Å². The Labute approximate surface area is 128 Å². The zero-order chi connectivity index (χ0) is 15.2. The quantitative estimate of drug-likeness (QED) is 0.798. The lowest BCUT2D eigenvalue weighted by molar-refractivity contribution is 0.0697. The molecular formula is C15H20N2O3S. The Morgan fingerprint density at radius 2 is 2.19 bits per heavy atom. The first-order chi connectivity index (χ1) is 10.1. The molecule has 1 atom stereocenters. The highest BCUT2D eigenvalue weighted by molar-refractivity contribution is 7.99. The van der Waals surface area contributed by atoms with E-state index in [1.54, 1.807) is 19.1 Å². The van der Waals surface area contributed by atoms with Gasteiger partial charge in [-0.25, -0.2) is 9.59 Å². The van der Waals surface area contributed by atoms with E-state index in [4.69, 9.17) is 5.11 Å². The van der Waals surface area contributed by atoms with Gasteiger partial charge in [-0.2, -0.15) is 11.8 Å². The van der Waals surface area contributed by atoms with Gasteiger partial charge in [0.1, 0.15) is 0 Å². The predicted octanol–water partition coefficient (Wildman–Crippen LogP) is 3.10. The van der Waals surface area contributed by atoms with Gasteiger partial charge in [-0.3, -0.25) is 0 Å². The Bertz CT molecular complexity index is 528. The molecule has 1 unspecified atom stereocenters. The topological polar surface area (TPSA) is 78.4 Å². The first kappa shape index (κ1) is 15.7. The molecule has 21 heavy (non-hydrogen) atoms. The molecule has 0 aromatic heterocycles. The summed E-state index contributed by atoms with van der Waals surface area (Å²) in [6, 6.07) is 4.41. The maximum Gasteiger partial charge on any atom is 0.335 e. The zero-order valence-electron chi connectivity index (χ0n) is 12.0. The summed E-state index contributed by atoms with van der Waals surface area (Å²) in [7, 11) is 0.